The van der Waals surface area contributed by atoms with Gasteiger partial charge in [0.2, 0.25) is 0 Å². The van der Waals surface area contributed by atoms with E-state index in [1.807, 2.05) is 19.9 Å². The first kappa shape index (κ1) is 13.3. The van der Waals surface area contributed by atoms with Gasteiger partial charge in [0.05, 0.1) is 12.7 Å². The standard InChI is InChI=1S/C14H21FN2O/c1-9-6-14(12(11(3)16)7-13(9)15)17-4-5-18-10(2)8-17/h6-7,10-11H,4-5,8,16H2,1-3H3. The van der Waals surface area contributed by atoms with E-state index in [0.29, 0.717) is 12.2 Å². The average Bonchev–Trinajstić information content (AvgIpc) is 2.31. The van der Waals surface area contributed by atoms with Gasteiger partial charge in [-0.3, -0.25) is 0 Å². The molecule has 2 N–H and O–H groups in total. The Morgan fingerprint density at radius 3 is 2.83 bits per heavy atom. The van der Waals surface area contributed by atoms with Gasteiger partial charge in [-0.1, -0.05) is 0 Å². The van der Waals surface area contributed by atoms with Crippen molar-refractivity contribution in [2.45, 2.75) is 32.9 Å². The topological polar surface area (TPSA) is 38.5 Å². The number of halogens is 1. The van der Waals surface area contributed by atoms with Crippen LogP contribution in [0, 0.1) is 12.7 Å². The molecular formula is C14H21FN2O. The number of hydrogen-bond acceptors (Lipinski definition) is 3. The minimum atomic E-state index is -0.188. The minimum absolute atomic E-state index is 0.173. The van der Waals surface area contributed by atoms with Crippen LogP contribution in [0.2, 0.25) is 0 Å². The van der Waals surface area contributed by atoms with Crippen LogP contribution in [0.15, 0.2) is 12.1 Å². The Bertz CT molecular complexity index is 434. The summed E-state index contributed by atoms with van der Waals surface area (Å²) >= 11 is 0. The lowest BCUT2D eigenvalue weighted by Gasteiger charge is -2.35. The number of morpholine rings is 1. The van der Waals surface area contributed by atoms with Gasteiger partial charge in [0.1, 0.15) is 5.82 Å². The van der Waals surface area contributed by atoms with Crippen LogP contribution in [-0.4, -0.2) is 25.8 Å². The molecule has 4 heteroatoms. The van der Waals surface area contributed by atoms with Crippen molar-refractivity contribution in [3.63, 3.8) is 0 Å². The zero-order chi connectivity index (χ0) is 13.3. The Balaban J connectivity index is 2.38. The molecule has 2 unspecified atom stereocenters. The molecule has 0 aliphatic carbocycles. The molecule has 1 aliphatic heterocycles. The minimum Gasteiger partial charge on any atom is -0.375 e. The summed E-state index contributed by atoms with van der Waals surface area (Å²) in [6.07, 6.45) is 0.199. The molecule has 0 aromatic heterocycles. The van der Waals surface area contributed by atoms with Crippen LogP contribution in [0.5, 0.6) is 0 Å². The first-order chi connectivity index (χ1) is 8.49. The summed E-state index contributed by atoms with van der Waals surface area (Å²) in [5.41, 5.74) is 8.52. The van der Waals surface area contributed by atoms with Crippen LogP contribution in [0.1, 0.15) is 31.0 Å². The number of nitrogens with zero attached hydrogens (tertiary/aromatic N) is 1. The molecule has 100 valence electrons. The van der Waals surface area contributed by atoms with Gasteiger partial charge in [-0.15, -0.1) is 0 Å². The third kappa shape index (κ3) is 2.65. The third-order valence-corrected chi connectivity index (χ3v) is 3.38. The first-order valence-corrected chi connectivity index (χ1v) is 6.41. The molecule has 0 amide bonds. The van der Waals surface area contributed by atoms with Crippen molar-refractivity contribution in [1.29, 1.82) is 0 Å². The maximum absolute atomic E-state index is 13.7. The molecular weight excluding hydrogens is 231 g/mol. The summed E-state index contributed by atoms with van der Waals surface area (Å²) in [5, 5.41) is 0. The van der Waals surface area contributed by atoms with Gasteiger partial charge < -0.3 is 15.4 Å². The smallest absolute Gasteiger partial charge is 0.126 e. The average molecular weight is 252 g/mol. The van der Waals surface area contributed by atoms with Gasteiger partial charge in [-0.25, -0.2) is 4.39 Å². The fourth-order valence-corrected chi connectivity index (χ4v) is 2.36. The van der Waals surface area contributed by atoms with Gasteiger partial charge in [0.15, 0.2) is 0 Å². The van der Waals surface area contributed by atoms with Gasteiger partial charge in [0, 0.05) is 24.8 Å². The van der Waals surface area contributed by atoms with Crippen LogP contribution in [0.25, 0.3) is 0 Å². The van der Waals surface area contributed by atoms with E-state index in [0.717, 1.165) is 24.3 Å². The Morgan fingerprint density at radius 2 is 2.22 bits per heavy atom. The summed E-state index contributed by atoms with van der Waals surface area (Å²) in [7, 11) is 0. The Labute approximate surface area is 108 Å². The van der Waals surface area contributed by atoms with E-state index in [-0.39, 0.29) is 18.0 Å². The van der Waals surface area contributed by atoms with Gasteiger partial charge >= 0.3 is 0 Å². The summed E-state index contributed by atoms with van der Waals surface area (Å²) in [5.74, 6) is -0.188. The van der Waals surface area contributed by atoms with Crippen LogP contribution in [0.4, 0.5) is 10.1 Å². The molecule has 1 aromatic rings. The van der Waals surface area contributed by atoms with Crippen LogP contribution in [-0.2, 0) is 4.74 Å². The molecule has 1 saturated heterocycles. The predicted molar refractivity (Wildman–Crippen MR) is 71.4 cm³/mol. The molecule has 2 atom stereocenters. The maximum atomic E-state index is 13.7. The SMILES string of the molecule is Cc1cc(N2CCOC(C)C2)c(C(C)N)cc1F. The summed E-state index contributed by atoms with van der Waals surface area (Å²) in [6, 6.07) is 3.29. The second-order valence-corrected chi connectivity index (χ2v) is 5.08. The Morgan fingerprint density at radius 1 is 1.50 bits per heavy atom. The Kier molecular flexibility index (Phi) is 3.88. The number of aryl methyl sites for hydroxylation is 1. The zero-order valence-electron chi connectivity index (χ0n) is 11.2. The van der Waals surface area contributed by atoms with E-state index in [1.165, 1.54) is 0 Å². The molecule has 2 rings (SSSR count). The molecule has 0 bridgehead atoms. The second kappa shape index (κ2) is 5.24. The molecule has 3 nitrogen and oxygen atoms in total. The lowest BCUT2D eigenvalue weighted by Crippen LogP contribution is -2.41. The maximum Gasteiger partial charge on any atom is 0.126 e. The lowest BCUT2D eigenvalue weighted by atomic mass is 10.0. The molecule has 0 saturated carbocycles. The largest absolute Gasteiger partial charge is 0.375 e. The van der Waals surface area contributed by atoms with E-state index in [1.54, 1.807) is 13.0 Å². The van der Waals surface area contributed by atoms with E-state index in [2.05, 4.69) is 4.90 Å². The molecule has 0 spiro atoms. The van der Waals surface area contributed by atoms with Gasteiger partial charge in [-0.2, -0.15) is 0 Å². The van der Waals surface area contributed by atoms with E-state index in [4.69, 9.17) is 10.5 Å². The van der Waals surface area contributed by atoms with E-state index in [9.17, 15) is 4.39 Å². The number of hydrogen-bond donors (Lipinski definition) is 1. The number of anilines is 1. The normalized spacial score (nSPS) is 22.1. The molecule has 0 radical (unpaired) electrons. The Hall–Kier alpha value is -1.13. The molecule has 1 aromatic carbocycles. The van der Waals surface area contributed by atoms with Crippen LogP contribution < -0.4 is 10.6 Å². The fraction of sp³-hybridized carbons (Fsp3) is 0.571. The van der Waals surface area contributed by atoms with Crippen molar-refractivity contribution in [2.24, 2.45) is 5.73 Å². The third-order valence-electron chi connectivity index (χ3n) is 3.38. The molecule has 18 heavy (non-hydrogen) atoms. The summed E-state index contributed by atoms with van der Waals surface area (Å²) in [6.45, 7) is 8.08. The highest BCUT2D eigenvalue weighted by Gasteiger charge is 2.21. The first-order valence-electron chi connectivity index (χ1n) is 6.41. The quantitative estimate of drug-likeness (QED) is 0.878. The fourth-order valence-electron chi connectivity index (χ4n) is 2.36. The van der Waals surface area contributed by atoms with Crippen molar-refractivity contribution in [1.82, 2.24) is 0 Å². The lowest BCUT2D eigenvalue weighted by molar-refractivity contribution is 0.0531. The van der Waals surface area contributed by atoms with E-state index < -0.39 is 0 Å². The summed E-state index contributed by atoms with van der Waals surface area (Å²) < 4.78 is 19.2. The highest BCUT2D eigenvalue weighted by atomic mass is 19.1. The second-order valence-electron chi connectivity index (χ2n) is 5.08. The number of benzene rings is 1. The number of ether oxygens (including phenoxy) is 1. The van der Waals surface area contributed by atoms with E-state index >= 15 is 0 Å². The monoisotopic (exact) mass is 252 g/mol. The zero-order valence-corrected chi connectivity index (χ0v) is 11.2. The molecule has 1 heterocycles. The van der Waals surface area contributed by atoms with Crippen LogP contribution >= 0.6 is 0 Å². The van der Waals surface area contributed by atoms with Crippen molar-refractivity contribution < 1.29 is 9.13 Å². The van der Waals surface area contributed by atoms with Crippen LogP contribution in [0.3, 0.4) is 0 Å². The number of rotatable bonds is 2. The number of nitrogens with two attached hydrogens (primary N) is 1. The van der Waals surface area contributed by atoms with Gasteiger partial charge in [-0.05, 0) is 44.0 Å². The van der Waals surface area contributed by atoms with Crippen molar-refractivity contribution in [3.05, 3.63) is 29.1 Å². The van der Waals surface area contributed by atoms with Gasteiger partial charge in [0.25, 0.3) is 0 Å². The van der Waals surface area contributed by atoms with Crippen molar-refractivity contribution in [3.8, 4) is 0 Å². The predicted octanol–water partition coefficient (Wildman–Crippen LogP) is 2.38. The van der Waals surface area contributed by atoms with Crippen molar-refractivity contribution >= 4 is 5.69 Å². The highest BCUT2D eigenvalue weighted by molar-refractivity contribution is 5.57. The van der Waals surface area contributed by atoms with Crippen molar-refractivity contribution in [2.75, 3.05) is 24.6 Å². The molecule has 1 fully saturated rings. The summed E-state index contributed by atoms with van der Waals surface area (Å²) in [4.78, 5) is 2.24. The highest BCUT2D eigenvalue weighted by Crippen LogP contribution is 2.29. The molecule has 1 aliphatic rings.